The number of nitrogens with two attached hydrogens (primary N) is 1. The van der Waals surface area contributed by atoms with Crippen LogP contribution in [0.15, 0.2) is 24.3 Å². The molecule has 1 atom stereocenters. The van der Waals surface area contributed by atoms with Gasteiger partial charge in [0.2, 0.25) is 0 Å². The van der Waals surface area contributed by atoms with E-state index in [0.29, 0.717) is 24.8 Å². The summed E-state index contributed by atoms with van der Waals surface area (Å²) in [5.41, 5.74) is 5.16. The van der Waals surface area contributed by atoms with Crippen molar-refractivity contribution in [2.45, 2.75) is 19.0 Å². The molecule has 0 bridgehead atoms. The van der Waals surface area contributed by atoms with Crippen LogP contribution in [0.3, 0.4) is 0 Å². The first-order valence-corrected chi connectivity index (χ1v) is 8.24. The smallest absolute Gasteiger partial charge is 0.416 e. The predicted octanol–water partition coefficient (Wildman–Crippen LogP) is 3.80. The number of hydrogen-bond donors (Lipinski definition) is 1. The zero-order valence-electron chi connectivity index (χ0n) is 11.7. The predicted molar refractivity (Wildman–Crippen MR) is 79.5 cm³/mol. The standard InChI is InChI=1S/C15H20F3NOS/c16-15(17,18)13-1-3-14(4-2-13)20-10-12(9-19)11-5-7-21-8-6-11/h1-4,11-12H,5-10,19H2. The van der Waals surface area contributed by atoms with Gasteiger partial charge in [0, 0.05) is 5.92 Å². The summed E-state index contributed by atoms with van der Waals surface area (Å²) in [6.45, 7) is 1.02. The maximum absolute atomic E-state index is 12.5. The van der Waals surface area contributed by atoms with Crippen LogP contribution in [0.25, 0.3) is 0 Å². The highest BCUT2D eigenvalue weighted by Gasteiger charge is 2.30. The molecule has 0 spiro atoms. The molecule has 0 aliphatic carbocycles. The van der Waals surface area contributed by atoms with Crippen LogP contribution in [-0.4, -0.2) is 24.7 Å². The van der Waals surface area contributed by atoms with Gasteiger partial charge < -0.3 is 10.5 Å². The van der Waals surface area contributed by atoms with Gasteiger partial charge in [-0.2, -0.15) is 24.9 Å². The lowest BCUT2D eigenvalue weighted by atomic mass is 9.88. The van der Waals surface area contributed by atoms with E-state index in [1.54, 1.807) is 0 Å². The molecular weight excluding hydrogens is 299 g/mol. The molecule has 1 aliphatic rings. The first-order valence-electron chi connectivity index (χ1n) is 7.08. The minimum absolute atomic E-state index is 0.271. The van der Waals surface area contributed by atoms with Gasteiger partial charge in [0.1, 0.15) is 5.75 Å². The van der Waals surface area contributed by atoms with Crippen molar-refractivity contribution < 1.29 is 17.9 Å². The third-order valence-corrected chi connectivity index (χ3v) is 4.93. The van der Waals surface area contributed by atoms with E-state index >= 15 is 0 Å². The molecule has 0 amide bonds. The van der Waals surface area contributed by atoms with Crippen LogP contribution < -0.4 is 10.5 Å². The summed E-state index contributed by atoms with van der Waals surface area (Å²) in [4.78, 5) is 0. The van der Waals surface area contributed by atoms with Gasteiger partial charge in [-0.1, -0.05) is 0 Å². The zero-order valence-corrected chi connectivity index (χ0v) is 12.6. The maximum Gasteiger partial charge on any atom is 0.416 e. The maximum atomic E-state index is 12.5. The Morgan fingerprint density at radius 3 is 2.33 bits per heavy atom. The van der Waals surface area contributed by atoms with Crippen LogP contribution in [0.1, 0.15) is 18.4 Å². The van der Waals surface area contributed by atoms with E-state index in [9.17, 15) is 13.2 Å². The Labute approximate surface area is 127 Å². The van der Waals surface area contributed by atoms with Crippen molar-refractivity contribution in [3.63, 3.8) is 0 Å². The average Bonchev–Trinajstić information content (AvgIpc) is 2.48. The number of thioether (sulfide) groups is 1. The summed E-state index contributed by atoms with van der Waals surface area (Å²) in [6.07, 6.45) is -2.02. The van der Waals surface area contributed by atoms with Gasteiger partial charge in [0.15, 0.2) is 0 Å². The van der Waals surface area contributed by atoms with Crippen LogP contribution >= 0.6 is 11.8 Å². The molecule has 2 rings (SSSR count). The van der Waals surface area contributed by atoms with Crippen molar-refractivity contribution in [2.24, 2.45) is 17.6 Å². The van der Waals surface area contributed by atoms with Gasteiger partial charge >= 0.3 is 6.18 Å². The fraction of sp³-hybridized carbons (Fsp3) is 0.600. The number of halogens is 3. The molecular formula is C15H20F3NOS. The van der Waals surface area contributed by atoms with Gasteiger partial charge in [-0.05, 0) is 61.1 Å². The Kier molecular flexibility index (Phi) is 5.81. The topological polar surface area (TPSA) is 35.2 Å². The molecule has 1 aromatic rings. The van der Waals surface area contributed by atoms with Crippen molar-refractivity contribution in [3.8, 4) is 5.75 Å². The van der Waals surface area contributed by atoms with E-state index in [4.69, 9.17) is 10.5 Å². The molecule has 2 N–H and O–H groups in total. The highest BCUT2D eigenvalue weighted by molar-refractivity contribution is 7.99. The second-order valence-corrected chi connectivity index (χ2v) is 6.50. The number of rotatable bonds is 5. The van der Waals surface area contributed by atoms with Crippen molar-refractivity contribution in [3.05, 3.63) is 29.8 Å². The van der Waals surface area contributed by atoms with Gasteiger partial charge in [-0.25, -0.2) is 0 Å². The molecule has 0 saturated carbocycles. The second kappa shape index (κ2) is 7.40. The highest BCUT2D eigenvalue weighted by Crippen LogP contribution is 2.31. The second-order valence-electron chi connectivity index (χ2n) is 5.28. The van der Waals surface area contributed by atoms with E-state index in [1.165, 1.54) is 12.1 Å². The highest BCUT2D eigenvalue weighted by atomic mass is 32.2. The average molecular weight is 319 g/mol. The van der Waals surface area contributed by atoms with E-state index in [0.717, 1.165) is 36.5 Å². The first kappa shape index (κ1) is 16.5. The lowest BCUT2D eigenvalue weighted by molar-refractivity contribution is -0.137. The largest absolute Gasteiger partial charge is 0.493 e. The molecule has 2 nitrogen and oxygen atoms in total. The number of hydrogen-bond acceptors (Lipinski definition) is 3. The van der Waals surface area contributed by atoms with E-state index in [2.05, 4.69) is 0 Å². The van der Waals surface area contributed by atoms with Crippen LogP contribution in [0.4, 0.5) is 13.2 Å². The Hall–Kier alpha value is -0.880. The third kappa shape index (κ3) is 4.81. The summed E-state index contributed by atoms with van der Waals surface area (Å²) in [5, 5.41) is 0. The number of alkyl halides is 3. The van der Waals surface area contributed by atoms with E-state index in [1.807, 2.05) is 11.8 Å². The first-order chi connectivity index (χ1) is 10.0. The molecule has 1 fully saturated rings. The van der Waals surface area contributed by atoms with Crippen LogP contribution in [0.2, 0.25) is 0 Å². The lowest BCUT2D eigenvalue weighted by Gasteiger charge is -2.29. The quantitative estimate of drug-likeness (QED) is 0.896. The van der Waals surface area contributed by atoms with Gasteiger partial charge in [0.05, 0.1) is 12.2 Å². The SMILES string of the molecule is NCC(COc1ccc(C(F)(F)F)cc1)C1CCSCC1. The van der Waals surface area contributed by atoms with Crippen molar-refractivity contribution in [1.82, 2.24) is 0 Å². The van der Waals surface area contributed by atoms with E-state index < -0.39 is 11.7 Å². The molecule has 1 aromatic carbocycles. The molecule has 1 aliphatic heterocycles. The lowest BCUT2D eigenvalue weighted by Crippen LogP contribution is -2.31. The molecule has 1 saturated heterocycles. The fourth-order valence-corrected chi connectivity index (χ4v) is 3.67. The van der Waals surface area contributed by atoms with E-state index in [-0.39, 0.29) is 5.92 Å². The summed E-state index contributed by atoms with van der Waals surface area (Å²) in [7, 11) is 0. The summed E-state index contributed by atoms with van der Waals surface area (Å²) >= 11 is 1.96. The van der Waals surface area contributed by atoms with Gasteiger partial charge in [0.25, 0.3) is 0 Å². The van der Waals surface area contributed by atoms with Crippen LogP contribution in [0, 0.1) is 11.8 Å². The molecule has 6 heteroatoms. The Bertz CT molecular complexity index is 430. The molecule has 21 heavy (non-hydrogen) atoms. The van der Waals surface area contributed by atoms with Gasteiger partial charge in [-0.3, -0.25) is 0 Å². The Balaban J connectivity index is 1.89. The number of benzene rings is 1. The summed E-state index contributed by atoms with van der Waals surface area (Å²) < 4.78 is 43.0. The number of ether oxygens (including phenoxy) is 1. The Morgan fingerprint density at radius 2 is 1.81 bits per heavy atom. The normalized spacial score (nSPS) is 18.5. The van der Waals surface area contributed by atoms with Crippen molar-refractivity contribution >= 4 is 11.8 Å². The van der Waals surface area contributed by atoms with Crippen molar-refractivity contribution in [1.29, 1.82) is 0 Å². The third-order valence-electron chi connectivity index (χ3n) is 3.88. The monoisotopic (exact) mass is 319 g/mol. The van der Waals surface area contributed by atoms with Gasteiger partial charge in [-0.15, -0.1) is 0 Å². The molecule has 1 unspecified atom stereocenters. The molecule has 0 aromatic heterocycles. The van der Waals surface area contributed by atoms with Crippen molar-refractivity contribution in [2.75, 3.05) is 24.7 Å². The summed E-state index contributed by atoms with van der Waals surface area (Å²) in [6, 6.07) is 4.83. The zero-order chi connectivity index (χ0) is 15.3. The van der Waals surface area contributed by atoms with Crippen LogP contribution in [0.5, 0.6) is 5.75 Å². The van der Waals surface area contributed by atoms with Crippen LogP contribution in [-0.2, 0) is 6.18 Å². The minimum atomic E-state index is -4.31. The molecule has 0 radical (unpaired) electrons. The fourth-order valence-electron chi connectivity index (χ4n) is 2.53. The minimum Gasteiger partial charge on any atom is -0.493 e. The molecule has 118 valence electrons. The molecule has 1 heterocycles. The summed E-state index contributed by atoms with van der Waals surface area (Å²) in [5.74, 6) is 3.61. The Morgan fingerprint density at radius 1 is 1.19 bits per heavy atom.